The summed E-state index contributed by atoms with van der Waals surface area (Å²) in [6, 6.07) is 0. The molecule has 4 fully saturated rings. The molecule has 0 aromatic carbocycles. The third kappa shape index (κ3) is 4.05. The Labute approximate surface area is 182 Å². The molecule has 8 heteroatoms. The minimum Gasteiger partial charge on any atom is -0.481 e. The van der Waals surface area contributed by atoms with Gasteiger partial charge in [0.05, 0.1) is 23.7 Å². The monoisotopic (exact) mass is 434 g/mol. The Morgan fingerprint density at radius 1 is 0.677 bits per heavy atom. The van der Waals surface area contributed by atoms with E-state index in [9.17, 15) is 29.4 Å². The van der Waals surface area contributed by atoms with E-state index in [1.165, 1.54) is 0 Å². The number of rotatable bonds is 8. The number of hydrogen-bond acceptors (Lipinski definition) is 4. The molecule has 4 N–H and O–H groups in total. The summed E-state index contributed by atoms with van der Waals surface area (Å²) < 4.78 is 0. The van der Waals surface area contributed by atoms with Crippen LogP contribution in [-0.2, 0) is 19.2 Å². The predicted molar refractivity (Wildman–Crippen MR) is 111 cm³/mol. The first-order valence-corrected chi connectivity index (χ1v) is 11.6. The zero-order chi connectivity index (χ0) is 22.5. The molecule has 4 saturated carbocycles. The van der Waals surface area contributed by atoms with Crippen molar-refractivity contribution in [3.05, 3.63) is 0 Å². The molecule has 4 aliphatic rings. The van der Waals surface area contributed by atoms with Gasteiger partial charge in [-0.15, -0.1) is 0 Å². The molecule has 4 rings (SSSR count). The summed E-state index contributed by atoms with van der Waals surface area (Å²) in [6.07, 6.45) is 5.26. The van der Waals surface area contributed by atoms with E-state index in [1.807, 2.05) is 13.8 Å². The van der Waals surface area contributed by atoms with E-state index in [-0.39, 0.29) is 35.5 Å². The highest BCUT2D eigenvalue weighted by Gasteiger charge is 2.55. The van der Waals surface area contributed by atoms with Crippen LogP contribution in [0.1, 0.15) is 52.4 Å². The summed E-state index contributed by atoms with van der Waals surface area (Å²) in [5.41, 5.74) is -0.433. The number of nitrogens with one attached hydrogen (secondary N) is 2. The van der Waals surface area contributed by atoms with Crippen molar-refractivity contribution in [3.8, 4) is 0 Å². The lowest BCUT2D eigenvalue weighted by molar-refractivity contribution is -0.149. The fraction of sp³-hybridized carbons (Fsp3) is 0.826. The van der Waals surface area contributed by atoms with Crippen LogP contribution in [0.2, 0.25) is 0 Å². The van der Waals surface area contributed by atoms with E-state index in [2.05, 4.69) is 10.6 Å². The van der Waals surface area contributed by atoms with Crippen molar-refractivity contribution in [2.45, 2.75) is 52.4 Å². The van der Waals surface area contributed by atoms with Gasteiger partial charge in [0.15, 0.2) is 0 Å². The maximum atomic E-state index is 12.8. The maximum Gasteiger partial charge on any atom is 0.307 e. The standard InChI is InChI=1S/C23H34N2O6/c1-23(2,9-24-19(26)15-11-3-5-13(7-11)17(15)21(28)29)10-25-20(27)16-12-4-6-14(8-12)18(16)22(30)31/h11-18H,3-10H2,1-2H3,(H,24,26)(H,25,27)(H,28,29)(H,30,31)/t11-,12-,13-,14-,15+,16+,17-,18+/m0/s1. The van der Waals surface area contributed by atoms with Crippen LogP contribution in [0.25, 0.3) is 0 Å². The molecule has 0 aromatic heterocycles. The van der Waals surface area contributed by atoms with Gasteiger partial charge >= 0.3 is 11.9 Å². The van der Waals surface area contributed by atoms with E-state index in [0.717, 1.165) is 38.5 Å². The molecule has 31 heavy (non-hydrogen) atoms. The van der Waals surface area contributed by atoms with Crippen molar-refractivity contribution in [1.82, 2.24) is 10.6 Å². The molecule has 0 heterocycles. The van der Waals surface area contributed by atoms with Crippen LogP contribution in [0.5, 0.6) is 0 Å². The van der Waals surface area contributed by atoms with Gasteiger partial charge in [-0.3, -0.25) is 19.2 Å². The minimum atomic E-state index is -0.877. The molecule has 0 saturated heterocycles. The molecule has 0 aromatic rings. The Balaban J connectivity index is 1.29. The number of hydrogen-bond donors (Lipinski definition) is 4. The van der Waals surface area contributed by atoms with Crippen molar-refractivity contribution in [2.75, 3.05) is 13.1 Å². The Hall–Kier alpha value is -2.12. The molecule has 172 valence electrons. The first kappa shape index (κ1) is 22.1. The first-order chi connectivity index (χ1) is 14.6. The number of amides is 2. The molecular weight excluding hydrogens is 400 g/mol. The highest BCUT2D eigenvalue weighted by molar-refractivity contribution is 5.87. The molecule has 4 bridgehead atoms. The maximum absolute atomic E-state index is 12.8. The van der Waals surface area contributed by atoms with Gasteiger partial charge in [-0.05, 0) is 67.6 Å². The molecule has 8 nitrogen and oxygen atoms in total. The van der Waals surface area contributed by atoms with Gasteiger partial charge in [0, 0.05) is 13.1 Å². The van der Waals surface area contributed by atoms with Crippen molar-refractivity contribution >= 4 is 23.8 Å². The average molecular weight is 435 g/mol. The topological polar surface area (TPSA) is 133 Å². The van der Waals surface area contributed by atoms with Gasteiger partial charge in [-0.1, -0.05) is 13.8 Å². The third-order valence-electron chi connectivity index (χ3n) is 8.49. The van der Waals surface area contributed by atoms with Gasteiger partial charge in [-0.25, -0.2) is 0 Å². The zero-order valence-electron chi connectivity index (χ0n) is 18.3. The summed E-state index contributed by atoms with van der Waals surface area (Å²) in [4.78, 5) is 49.0. The van der Waals surface area contributed by atoms with Crippen molar-refractivity contribution in [2.24, 2.45) is 52.8 Å². The molecule has 8 atom stereocenters. The van der Waals surface area contributed by atoms with Crippen LogP contribution in [0, 0.1) is 52.8 Å². The number of carboxylic acid groups (broad SMARTS) is 2. The Morgan fingerprint density at radius 2 is 1.00 bits per heavy atom. The van der Waals surface area contributed by atoms with Crippen LogP contribution in [0.3, 0.4) is 0 Å². The summed E-state index contributed by atoms with van der Waals surface area (Å²) in [5.74, 6) is -3.74. The third-order valence-corrected chi connectivity index (χ3v) is 8.49. The van der Waals surface area contributed by atoms with Gasteiger partial charge < -0.3 is 20.8 Å². The van der Waals surface area contributed by atoms with Crippen LogP contribution < -0.4 is 10.6 Å². The van der Waals surface area contributed by atoms with Crippen molar-refractivity contribution < 1.29 is 29.4 Å². The Kier molecular flexibility index (Phi) is 5.77. The molecule has 0 unspecified atom stereocenters. The van der Waals surface area contributed by atoms with Crippen LogP contribution in [0.4, 0.5) is 0 Å². The minimum absolute atomic E-state index is 0.106. The van der Waals surface area contributed by atoms with Gasteiger partial charge in [0.1, 0.15) is 0 Å². The first-order valence-electron chi connectivity index (χ1n) is 11.6. The molecule has 0 spiro atoms. The number of fused-ring (bicyclic) bond motifs is 4. The fourth-order valence-electron chi connectivity index (χ4n) is 7.00. The van der Waals surface area contributed by atoms with Crippen LogP contribution in [0.15, 0.2) is 0 Å². The van der Waals surface area contributed by atoms with E-state index in [1.54, 1.807) is 0 Å². The summed E-state index contributed by atoms with van der Waals surface area (Å²) in [7, 11) is 0. The summed E-state index contributed by atoms with van der Waals surface area (Å²) >= 11 is 0. The second-order valence-electron chi connectivity index (χ2n) is 11.0. The number of carbonyl (C=O) groups excluding carboxylic acids is 2. The van der Waals surface area contributed by atoms with Gasteiger partial charge in [-0.2, -0.15) is 0 Å². The quantitative estimate of drug-likeness (QED) is 0.460. The highest BCUT2D eigenvalue weighted by atomic mass is 16.4. The molecule has 0 radical (unpaired) electrons. The van der Waals surface area contributed by atoms with Crippen LogP contribution >= 0.6 is 0 Å². The number of carbonyl (C=O) groups is 4. The lowest BCUT2D eigenvalue weighted by Crippen LogP contribution is -2.48. The van der Waals surface area contributed by atoms with E-state index in [4.69, 9.17) is 0 Å². The summed E-state index contributed by atoms with van der Waals surface area (Å²) in [6.45, 7) is 4.51. The zero-order valence-corrected chi connectivity index (χ0v) is 18.3. The number of aliphatic carboxylic acids is 2. The predicted octanol–water partition coefficient (Wildman–Crippen LogP) is 1.74. The van der Waals surface area contributed by atoms with E-state index >= 15 is 0 Å². The lowest BCUT2D eigenvalue weighted by atomic mass is 9.78. The highest BCUT2D eigenvalue weighted by Crippen LogP contribution is 2.53. The molecule has 4 aliphatic carbocycles. The average Bonchev–Trinajstić information content (AvgIpc) is 3.49. The lowest BCUT2D eigenvalue weighted by Gasteiger charge is -2.31. The SMILES string of the molecule is CC(C)(CNC(=O)[C@@H]1[C@H]2CC[C@@H](C2)[C@H]1C(=O)O)CNC(=O)[C@@H]1[C@H]2CC[C@@H](C2)[C@@H]1C(=O)O. The largest absolute Gasteiger partial charge is 0.481 e. The Bertz CT molecular complexity index is 718. The van der Waals surface area contributed by atoms with Crippen LogP contribution in [-0.4, -0.2) is 47.1 Å². The van der Waals surface area contributed by atoms with Gasteiger partial charge in [0.2, 0.25) is 11.8 Å². The normalized spacial score (nSPS) is 38.3. The second kappa shape index (κ2) is 8.10. The Morgan fingerprint density at radius 3 is 1.32 bits per heavy atom. The van der Waals surface area contributed by atoms with E-state index in [0.29, 0.717) is 13.1 Å². The van der Waals surface area contributed by atoms with Gasteiger partial charge in [0.25, 0.3) is 0 Å². The molecule has 0 aliphatic heterocycles. The van der Waals surface area contributed by atoms with Crippen molar-refractivity contribution in [1.29, 1.82) is 0 Å². The summed E-state index contributed by atoms with van der Waals surface area (Å²) in [5, 5.41) is 25.0. The van der Waals surface area contributed by atoms with Crippen molar-refractivity contribution in [3.63, 3.8) is 0 Å². The number of carboxylic acids is 2. The van der Waals surface area contributed by atoms with E-state index < -0.39 is 41.0 Å². The molecule has 2 amide bonds. The molecular formula is C23H34N2O6. The smallest absolute Gasteiger partial charge is 0.307 e. The second-order valence-corrected chi connectivity index (χ2v) is 11.0. The fourth-order valence-corrected chi connectivity index (χ4v) is 7.00.